The quantitative estimate of drug-likeness (QED) is 0.287. The van der Waals surface area contributed by atoms with Crippen LogP contribution in [0.4, 0.5) is 0 Å². The summed E-state index contributed by atoms with van der Waals surface area (Å²) in [6.45, 7) is 2.06. The van der Waals surface area contributed by atoms with Crippen LogP contribution in [0.25, 0.3) is 0 Å². The highest BCUT2D eigenvalue weighted by Gasteiger charge is 2.41. The van der Waals surface area contributed by atoms with E-state index >= 15 is 0 Å². The van der Waals surface area contributed by atoms with E-state index in [0.29, 0.717) is 46.0 Å². The Bertz CT molecular complexity index is 1410. The average Bonchev–Trinajstić information content (AvgIpc) is 2.91. The minimum Gasteiger partial charge on any atom is -0.508 e. The number of para-hydroxylation sites is 1. The molecule has 2 N–H and O–H groups in total. The molecule has 194 valence electrons. The lowest BCUT2D eigenvalue weighted by atomic mass is 9.71. The molecular formula is C31H28ClNO5. The molecule has 3 aromatic carbocycles. The molecule has 0 saturated heterocycles. The van der Waals surface area contributed by atoms with Crippen LogP contribution in [-0.2, 0) is 14.3 Å². The molecule has 3 aromatic rings. The first-order valence-electron chi connectivity index (χ1n) is 12.5. The van der Waals surface area contributed by atoms with Crippen molar-refractivity contribution in [2.75, 3.05) is 13.2 Å². The number of hydrogen-bond donors (Lipinski definition) is 2. The SMILES string of the molecule is CC1=C(C(=O)OCCOc2ccccc2)[C@@H](c2cccc(O)c2)C2=C(C[C@H](c3ccc(Cl)cc3)CC2=O)N1. The number of rotatable bonds is 7. The summed E-state index contributed by atoms with van der Waals surface area (Å²) in [5, 5.41) is 14.2. The number of hydrogen-bond acceptors (Lipinski definition) is 6. The second-order valence-electron chi connectivity index (χ2n) is 9.46. The van der Waals surface area contributed by atoms with Crippen LogP contribution in [0, 0.1) is 0 Å². The van der Waals surface area contributed by atoms with Crippen LogP contribution in [0.2, 0.25) is 5.02 Å². The predicted octanol–water partition coefficient (Wildman–Crippen LogP) is 6.03. The minimum absolute atomic E-state index is 0.00715. The molecule has 0 amide bonds. The van der Waals surface area contributed by atoms with Gasteiger partial charge in [0.15, 0.2) is 5.78 Å². The van der Waals surface area contributed by atoms with E-state index in [1.54, 1.807) is 18.2 Å². The predicted molar refractivity (Wildman–Crippen MR) is 145 cm³/mol. The molecule has 7 heteroatoms. The third kappa shape index (κ3) is 5.46. The number of nitrogens with one attached hydrogen (secondary N) is 1. The first-order valence-corrected chi connectivity index (χ1v) is 12.9. The lowest BCUT2D eigenvalue weighted by Gasteiger charge is -2.36. The van der Waals surface area contributed by atoms with Gasteiger partial charge in [-0.2, -0.15) is 0 Å². The van der Waals surface area contributed by atoms with Crippen molar-refractivity contribution in [2.45, 2.75) is 31.6 Å². The zero-order chi connectivity index (χ0) is 26.6. The zero-order valence-corrected chi connectivity index (χ0v) is 21.7. The van der Waals surface area contributed by atoms with Gasteiger partial charge in [0, 0.05) is 34.3 Å². The highest BCUT2D eigenvalue weighted by Crippen LogP contribution is 2.46. The van der Waals surface area contributed by atoms with Gasteiger partial charge in [0.05, 0.1) is 5.57 Å². The summed E-state index contributed by atoms with van der Waals surface area (Å²) in [6.07, 6.45) is 0.923. The van der Waals surface area contributed by atoms with Crippen LogP contribution in [0.5, 0.6) is 11.5 Å². The third-order valence-electron chi connectivity index (χ3n) is 6.92. The maximum absolute atomic E-state index is 13.7. The number of aromatic hydroxyl groups is 1. The van der Waals surface area contributed by atoms with Gasteiger partial charge < -0.3 is 19.9 Å². The molecule has 0 radical (unpaired) electrons. The molecule has 2 atom stereocenters. The van der Waals surface area contributed by atoms with Gasteiger partial charge in [-0.05, 0) is 66.8 Å². The molecule has 0 unspecified atom stereocenters. The van der Waals surface area contributed by atoms with Crippen molar-refractivity contribution in [1.82, 2.24) is 5.32 Å². The Morgan fingerprint density at radius 3 is 2.47 bits per heavy atom. The Balaban J connectivity index is 1.41. The van der Waals surface area contributed by atoms with Gasteiger partial charge in [-0.1, -0.05) is 54.1 Å². The summed E-state index contributed by atoms with van der Waals surface area (Å²) in [6, 6.07) is 23.5. The Morgan fingerprint density at radius 1 is 0.974 bits per heavy atom. The number of esters is 1. The third-order valence-corrected chi connectivity index (χ3v) is 7.17. The number of phenols is 1. The van der Waals surface area contributed by atoms with Gasteiger partial charge in [-0.25, -0.2) is 4.79 Å². The van der Waals surface area contributed by atoms with Crippen LogP contribution >= 0.6 is 11.6 Å². The number of dihydropyridines is 1. The summed E-state index contributed by atoms with van der Waals surface area (Å²) in [4.78, 5) is 27.1. The Labute approximate surface area is 226 Å². The summed E-state index contributed by atoms with van der Waals surface area (Å²) in [5.74, 6) is -0.482. The van der Waals surface area contributed by atoms with E-state index in [9.17, 15) is 14.7 Å². The van der Waals surface area contributed by atoms with Crippen LogP contribution in [0.15, 0.2) is 101 Å². The van der Waals surface area contributed by atoms with Crippen molar-refractivity contribution in [3.05, 3.63) is 118 Å². The molecule has 38 heavy (non-hydrogen) atoms. The average molecular weight is 530 g/mol. The first kappa shape index (κ1) is 25.6. The molecule has 6 nitrogen and oxygen atoms in total. The second-order valence-corrected chi connectivity index (χ2v) is 9.90. The molecule has 0 spiro atoms. The fourth-order valence-electron chi connectivity index (χ4n) is 5.21. The molecular weight excluding hydrogens is 502 g/mol. The number of Topliss-reactive ketones (excluding diaryl/α,β-unsaturated/α-hetero) is 1. The largest absolute Gasteiger partial charge is 0.508 e. The second kappa shape index (κ2) is 11.2. The maximum Gasteiger partial charge on any atom is 0.336 e. The number of phenolic OH excluding ortho intramolecular Hbond substituents is 1. The van der Waals surface area contributed by atoms with Crippen LogP contribution in [0.1, 0.15) is 42.7 Å². The normalized spacial score (nSPS) is 19.1. The van der Waals surface area contributed by atoms with Crippen molar-refractivity contribution in [3.8, 4) is 11.5 Å². The summed E-state index contributed by atoms with van der Waals surface area (Å²) < 4.78 is 11.2. The van der Waals surface area contributed by atoms with Crippen molar-refractivity contribution in [1.29, 1.82) is 0 Å². The first-order chi connectivity index (χ1) is 18.4. The molecule has 0 fully saturated rings. The van der Waals surface area contributed by atoms with E-state index in [0.717, 1.165) is 11.3 Å². The standard InChI is InChI=1S/C31H28ClNO5/c1-19-28(31(36)38-15-14-37-25-8-3-2-4-9-25)29(21-6-5-7-24(34)16-21)30-26(33-19)17-22(18-27(30)35)20-10-12-23(32)13-11-20/h2-13,16,22,29,33-34H,14-15,17-18H2,1H3/t22-,29+/m0/s1. The zero-order valence-electron chi connectivity index (χ0n) is 20.9. The lowest BCUT2D eigenvalue weighted by Crippen LogP contribution is -2.36. The van der Waals surface area contributed by atoms with Gasteiger partial charge in [0.25, 0.3) is 0 Å². The van der Waals surface area contributed by atoms with Crippen LogP contribution in [-0.4, -0.2) is 30.1 Å². The van der Waals surface area contributed by atoms with Gasteiger partial charge in [-0.15, -0.1) is 0 Å². The van der Waals surface area contributed by atoms with Crippen molar-refractivity contribution in [3.63, 3.8) is 0 Å². The van der Waals surface area contributed by atoms with E-state index in [2.05, 4.69) is 5.32 Å². The number of ketones is 1. The summed E-state index contributed by atoms with van der Waals surface area (Å²) >= 11 is 6.06. The van der Waals surface area contributed by atoms with Gasteiger partial charge in [0.2, 0.25) is 0 Å². The van der Waals surface area contributed by atoms with E-state index in [4.69, 9.17) is 21.1 Å². The van der Waals surface area contributed by atoms with Gasteiger partial charge >= 0.3 is 5.97 Å². The number of benzene rings is 3. The van der Waals surface area contributed by atoms with E-state index in [-0.39, 0.29) is 30.7 Å². The Hall–Kier alpha value is -4.03. The number of carbonyl (C=O) groups excluding carboxylic acids is 2. The fraction of sp³-hybridized carbons (Fsp3) is 0.226. The minimum atomic E-state index is -0.653. The summed E-state index contributed by atoms with van der Waals surface area (Å²) in [7, 11) is 0. The highest BCUT2D eigenvalue weighted by molar-refractivity contribution is 6.30. The monoisotopic (exact) mass is 529 g/mol. The van der Waals surface area contributed by atoms with Crippen molar-refractivity contribution in [2.24, 2.45) is 0 Å². The number of carbonyl (C=O) groups is 2. The Morgan fingerprint density at radius 2 is 1.74 bits per heavy atom. The fourth-order valence-corrected chi connectivity index (χ4v) is 5.33. The molecule has 1 heterocycles. The van der Waals surface area contributed by atoms with Crippen LogP contribution < -0.4 is 10.1 Å². The molecule has 1 aliphatic carbocycles. The van der Waals surface area contributed by atoms with Gasteiger partial charge in [-0.3, -0.25) is 4.79 Å². The lowest BCUT2D eigenvalue weighted by molar-refractivity contribution is -0.140. The molecule has 5 rings (SSSR count). The maximum atomic E-state index is 13.7. The number of halogens is 1. The van der Waals surface area contributed by atoms with Crippen LogP contribution in [0.3, 0.4) is 0 Å². The van der Waals surface area contributed by atoms with E-state index < -0.39 is 11.9 Å². The van der Waals surface area contributed by atoms with E-state index in [1.807, 2.05) is 67.6 Å². The molecule has 2 aliphatic rings. The van der Waals surface area contributed by atoms with E-state index in [1.165, 1.54) is 0 Å². The van der Waals surface area contributed by atoms with Gasteiger partial charge in [0.1, 0.15) is 24.7 Å². The smallest absolute Gasteiger partial charge is 0.336 e. The van der Waals surface area contributed by atoms with Crippen molar-refractivity contribution >= 4 is 23.4 Å². The number of ether oxygens (including phenoxy) is 2. The van der Waals surface area contributed by atoms with Crippen molar-refractivity contribution < 1.29 is 24.2 Å². The Kier molecular flexibility index (Phi) is 7.52. The molecule has 0 aromatic heterocycles. The molecule has 0 saturated carbocycles. The highest BCUT2D eigenvalue weighted by atomic mass is 35.5. The summed E-state index contributed by atoms with van der Waals surface area (Å²) in [5.41, 5.74) is 4.00. The topological polar surface area (TPSA) is 84.9 Å². The molecule has 0 bridgehead atoms. The number of allylic oxidation sites excluding steroid dienone is 3. The molecule has 1 aliphatic heterocycles.